The van der Waals surface area contributed by atoms with Crippen LogP contribution in [0.15, 0.2) is 11.2 Å². The molecule has 19 heavy (non-hydrogen) atoms. The highest BCUT2D eigenvalue weighted by Crippen LogP contribution is 2.23. The molecule has 1 aromatic rings. The Morgan fingerprint density at radius 2 is 2.11 bits per heavy atom. The van der Waals surface area contributed by atoms with Crippen molar-refractivity contribution in [1.29, 1.82) is 0 Å². The van der Waals surface area contributed by atoms with E-state index in [4.69, 9.17) is 15.7 Å². The number of ether oxygens (including phenoxy) is 1. The number of halogens is 3. The quantitative estimate of drug-likeness (QED) is 0.382. The summed E-state index contributed by atoms with van der Waals surface area (Å²) in [5.74, 6) is -0.330. The minimum Gasteiger partial charge on any atom is -0.477 e. The van der Waals surface area contributed by atoms with Crippen molar-refractivity contribution >= 4 is 5.84 Å². The van der Waals surface area contributed by atoms with Gasteiger partial charge in [-0.15, -0.1) is 0 Å². The van der Waals surface area contributed by atoms with E-state index in [-0.39, 0.29) is 17.3 Å². The molecule has 0 amide bonds. The highest BCUT2D eigenvalue weighted by molar-refractivity contribution is 6.00. The Balaban J connectivity index is 2.99. The second-order valence-electron chi connectivity index (χ2n) is 3.96. The Morgan fingerprint density at radius 1 is 1.47 bits per heavy atom. The van der Waals surface area contributed by atoms with E-state index < -0.39 is 19.2 Å². The minimum atomic E-state index is -4.31. The second-order valence-corrected chi connectivity index (χ2v) is 3.96. The number of aromatic nitrogens is 1. The normalized spacial score (nSPS) is 12.6. The summed E-state index contributed by atoms with van der Waals surface area (Å²) >= 11 is 0. The third kappa shape index (κ3) is 4.31. The van der Waals surface area contributed by atoms with Crippen molar-refractivity contribution in [2.45, 2.75) is 26.4 Å². The number of pyridine rings is 1. The second kappa shape index (κ2) is 5.77. The van der Waals surface area contributed by atoms with Gasteiger partial charge in [0.2, 0.25) is 5.88 Å². The molecular weight excluding hydrogens is 263 g/mol. The van der Waals surface area contributed by atoms with Crippen LogP contribution in [-0.4, -0.2) is 28.8 Å². The van der Waals surface area contributed by atoms with Crippen molar-refractivity contribution in [1.82, 2.24) is 4.98 Å². The van der Waals surface area contributed by atoms with Gasteiger partial charge in [0.25, 0.3) is 0 Å². The van der Waals surface area contributed by atoms with Gasteiger partial charge in [-0.1, -0.05) is 5.16 Å². The van der Waals surface area contributed by atoms with Gasteiger partial charge in [0.1, 0.15) is 0 Å². The van der Waals surface area contributed by atoms with E-state index in [2.05, 4.69) is 10.1 Å². The van der Waals surface area contributed by atoms with Crippen LogP contribution in [0.4, 0.5) is 13.2 Å². The van der Waals surface area contributed by atoms with Crippen LogP contribution in [0.25, 0.3) is 0 Å². The van der Waals surface area contributed by atoms with Crippen molar-refractivity contribution in [3.8, 4) is 5.88 Å². The summed E-state index contributed by atoms with van der Waals surface area (Å²) in [5, 5.41) is 11.5. The van der Waals surface area contributed by atoms with Crippen LogP contribution in [0.1, 0.15) is 23.2 Å². The minimum absolute atomic E-state index is 0.0722. The van der Waals surface area contributed by atoms with Crippen LogP contribution in [0.3, 0.4) is 0 Å². The lowest BCUT2D eigenvalue weighted by molar-refractivity contribution is -0.139. The zero-order valence-electron chi connectivity index (χ0n) is 10.5. The molecule has 0 aliphatic heterocycles. The third-order valence-electron chi connectivity index (χ3n) is 2.30. The molecule has 0 radical (unpaired) electrons. The lowest BCUT2D eigenvalue weighted by atomic mass is 10.1. The fourth-order valence-electron chi connectivity index (χ4n) is 1.53. The fraction of sp³-hybridized carbons (Fsp3) is 0.455. The smallest absolute Gasteiger partial charge is 0.392 e. The van der Waals surface area contributed by atoms with E-state index in [0.29, 0.717) is 11.3 Å². The maximum Gasteiger partial charge on any atom is 0.392 e. The van der Waals surface area contributed by atoms with Crippen LogP contribution >= 0.6 is 0 Å². The van der Waals surface area contributed by atoms with Gasteiger partial charge in [0.05, 0.1) is 18.6 Å². The Kier molecular flexibility index (Phi) is 4.57. The first kappa shape index (κ1) is 15.1. The molecule has 8 heteroatoms. The van der Waals surface area contributed by atoms with Gasteiger partial charge >= 0.3 is 6.18 Å². The molecule has 0 saturated carbocycles. The first-order valence-corrected chi connectivity index (χ1v) is 5.40. The Morgan fingerprint density at radius 3 is 2.63 bits per heavy atom. The molecule has 0 spiro atoms. The SMILES string of the molecule is Cc1cc(C)c(/C(N)=N/O)c(OCCC(F)(F)F)n1. The predicted octanol–water partition coefficient (Wildman–Crippen LogP) is 2.12. The van der Waals surface area contributed by atoms with Crippen LogP contribution in [-0.2, 0) is 0 Å². The lowest BCUT2D eigenvalue weighted by Gasteiger charge is -2.13. The van der Waals surface area contributed by atoms with Crippen LogP contribution < -0.4 is 10.5 Å². The molecule has 1 aromatic heterocycles. The van der Waals surface area contributed by atoms with Gasteiger partial charge in [-0.05, 0) is 25.5 Å². The monoisotopic (exact) mass is 277 g/mol. The molecule has 0 aromatic carbocycles. The number of alkyl halides is 3. The van der Waals surface area contributed by atoms with Crippen LogP contribution in [0.5, 0.6) is 5.88 Å². The van der Waals surface area contributed by atoms with Gasteiger partial charge in [-0.3, -0.25) is 0 Å². The lowest BCUT2D eigenvalue weighted by Crippen LogP contribution is -2.19. The molecule has 0 bridgehead atoms. The first-order chi connectivity index (χ1) is 8.74. The highest BCUT2D eigenvalue weighted by atomic mass is 19.4. The highest BCUT2D eigenvalue weighted by Gasteiger charge is 2.27. The van der Waals surface area contributed by atoms with Crippen LogP contribution in [0.2, 0.25) is 0 Å². The molecule has 0 unspecified atom stereocenters. The molecule has 0 aliphatic carbocycles. The standard InChI is InChI=1S/C11H14F3N3O2/c1-6-5-7(2)16-10(8(6)9(15)17-18)19-4-3-11(12,13)14/h5,18H,3-4H2,1-2H3,(H2,15,17). The molecule has 1 rings (SSSR count). The number of hydrogen-bond acceptors (Lipinski definition) is 4. The number of nitrogens with zero attached hydrogens (tertiary/aromatic N) is 2. The number of nitrogens with two attached hydrogens (primary N) is 1. The van der Waals surface area contributed by atoms with Crippen molar-refractivity contribution in [2.24, 2.45) is 10.9 Å². The van der Waals surface area contributed by atoms with E-state index >= 15 is 0 Å². The molecule has 106 valence electrons. The van der Waals surface area contributed by atoms with E-state index in [1.807, 2.05) is 0 Å². The molecular formula is C11H14F3N3O2. The van der Waals surface area contributed by atoms with Crippen molar-refractivity contribution < 1.29 is 23.1 Å². The maximum atomic E-state index is 12.1. The number of amidine groups is 1. The summed E-state index contributed by atoms with van der Waals surface area (Å²) < 4.78 is 41.2. The zero-order valence-corrected chi connectivity index (χ0v) is 10.5. The predicted molar refractivity (Wildman–Crippen MR) is 62.4 cm³/mol. The molecule has 0 fully saturated rings. The van der Waals surface area contributed by atoms with E-state index in [1.54, 1.807) is 19.9 Å². The number of rotatable bonds is 4. The van der Waals surface area contributed by atoms with Crippen molar-refractivity contribution in [3.63, 3.8) is 0 Å². The topological polar surface area (TPSA) is 80.7 Å². The van der Waals surface area contributed by atoms with E-state index in [1.165, 1.54) is 0 Å². The van der Waals surface area contributed by atoms with Crippen molar-refractivity contribution in [3.05, 3.63) is 22.9 Å². The van der Waals surface area contributed by atoms with Crippen LogP contribution in [0, 0.1) is 13.8 Å². The van der Waals surface area contributed by atoms with E-state index in [0.717, 1.165) is 0 Å². The van der Waals surface area contributed by atoms with Gasteiger partial charge in [0.15, 0.2) is 5.84 Å². The molecule has 0 aliphatic rings. The zero-order chi connectivity index (χ0) is 14.6. The average Bonchev–Trinajstić information content (AvgIpc) is 2.25. The third-order valence-corrected chi connectivity index (χ3v) is 2.30. The summed E-state index contributed by atoms with van der Waals surface area (Å²) in [4.78, 5) is 3.96. The summed E-state index contributed by atoms with van der Waals surface area (Å²) in [6.07, 6.45) is -5.41. The molecule has 0 saturated heterocycles. The maximum absolute atomic E-state index is 12.1. The summed E-state index contributed by atoms with van der Waals surface area (Å²) in [6, 6.07) is 1.66. The Labute approximate surface area is 107 Å². The average molecular weight is 277 g/mol. The van der Waals surface area contributed by atoms with E-state index in [9.17, 15) is 13.2 Å². The number of aryl methyl sites for hydroxylation is 2. The Hall–Kier alpha value is -1.99. The Bertz CT molecular complexity index is 487. The molecule has 3 N–H and O–H groups in total. The number of oxime groups is 1. The largest absolute Gasteiger partial charge is 0.477 e. The van der Waals surface area contributed by atoms with Gasteiger partial charge < -0.3 is 15.7 Å². The first-order valence-electron chi connectivity index (χ1n) is 5.40. The molecule has 0 atom stereocenters. The van der Waals surface area contributed by atoms with Gasteiger partial charge in [-0.25, -0.2) is 4.98 Å². The van der Waals surface area contributed by atoms with Gasteiger partial charge in [-0.2, -0.15) is 13.2 Å². The fourth-order valence-corrected chi connectivity index (χ4v) is 1.53. The molecule has 5 nitrogen and oxygen atoms in total. The summed E-state index contributed by atoms with van der Waals surface area (Å²) in [6.45, 7) is 2.75. The summed E-state index contributed by atoms with van der Waals surface area (Å²) in [5.41, 5.74) is 6.82. The van der Waals surface area contributed by atoms with Crippen molar-refractivity contribution in [2.75, 3.05) is 6.61 Å². The summed E-state index contributed by atoms with van der Waals surface area (Å²) in [7, 11) is 0. The molecule has 1 heterocycles. The van der Waals surface area contributed by atoms with Gasteiger partial charge in [0, 0.05) is 5.69 Å². The number of hydrogen-bond donors (Lipinski definition) is 2.